The Morgan fingerprint density at radius 1 is 1.17 bits per heavy atom. The molecule has 162 valence electrons. The second kappa shape index (κ2) is 9.22. The number of amides is 1. The maximum atomic E-state index is 12.5. The molecule has 1 aromatic carbocycles. The quantitative estimate of drug-likeness (QED) is 0.525. The number of ether oxygens (including phenoxy) is 1. The Morgan fingerprint density at radius 2 is 1.87 bits per heavy atom. The Bertz CT molecular complexity index is 818. The molecule has 1 heterocycles. The Kier molecular flexibility index (Phi) is 6.43. The van der Waals surface area contributed by atoms with Gasteiger partial charge in [-0.25, -0.2) is 4.99 Å². The van der Waals surface area contributed by atoms with Gasteiger partial charge in [0.2, 0.25) is 0 Å². The predicted octanol–water partition coefficient (Wildman–Crippen LogP) is 3.15. The van der Waals surface area contributed by atoms with Gasteiger partial charge in [-0.15, -0.1) is 0 Å². The van der Waals surface area contributed by atoms with E-state index >= 15 is 0 Å². The summed E-state index contributed by atoms with van der Waals surface area (Å²) in [5.41, 5.74) is 1.10. The fraction of sp³-hybridized carbons (Fsp3) is 0.636. The summed E-state index contributed by atoms with van der Waals surface area (Å²) in [4.78, 5) is 32.6. The van der Waals surface area contributed by atoms with Gasteiger partial charge < -0.3 is 9.64 Å². The molecule has 1 aliphatic heterocycles. The number of rotatable bonds is 6. The molecule has 1 amide bonds. The van der Waals surface area contributed by atoms with Gasteiger partial charge in [-0.2, -0.15) is 0 Å². The molecule has 4 rings (SSSR count). The third-order valence-electron chi connectivity index (χ3n) is 6.55. The fourth-order valence-corrected chi connectivity index (χ4v) is 4.56. The van der Waals surface area contributed by atoms with Crippen molar-refractivity contribution in [3.05, 3.63) is 33.9 Å². The van der Waals surface area contributed by atoms with Crippen LogP contribution < -0.4 is 4.74 Å². The summed E-state index contributed by atoms with van der Waals surface area (Å²) in [6.45, 7) is 5.92. The molecule has 0 N–H and O–H groups in total. The average Bonchev–Trinajstić information content (AvgIpc) is 3.58. The molecular weight excluding hydrogens is 384 g/mol. The lowest BCUT2D eigenvalue weighted by atomic mass is 9.92. The van der Waals surface area contributed by atoms with Crippen LogP contribution in [0, 0.1) is 16.0 Å². The number of hydrogen-bond donors (Lipinski definition) is 0. The Morgan fingerprint density at radius 3 is 2.47 bits per heavy atom. The van der Waals surface area contributed by atoms with Crippen LogP contribution in [-0.4, -0.2) is 72.2 Å². The number of nitrogens with zero attached hydrogens (tertiary/aromatic N) is 4. The number of aliphatic imine (C=N–C) groups is 1. The lowest BCUT2D eigenvalue weighted by molar-refractivity contribution is -0.385. The molecule has 2 saturated carbocycles. The number of benzene rings is 1. The summed E-state index contributed by atoms with van der Waals surface area (Å²) in [5.74, 6) is 0.680. The van der Waals surface area contributed by atoms with E-state index in [9.17, 15) is 14.9 Å². The minimum Gasteiger partial charge on any atom is -0.490 e. The fourth-order valence-electron chi connectivity index (χ4n) is 4.56. The number of nitro groups is 1. The van der Waals surface area contributed by atoms with Crippen LogP contribution in [0.3, 0.4) is 0 Å². The van der Waals surface area contributed by atoms with Crippen LogP contribution in [0.1, 0.15) is 48.9 Å². The van der Waals surface area contributed by atoms with Gasteiger partial charge in [-0.1, -0.05) is 0 Å². The first kappa shape index (κ1) is 20.9. The largest absolute Gasteiger partial charge is 0.490 e. The van der Waals surface area contributed by atoms with Crippen LogP contribution in [0.25, 0.3) is 0 Å². The molecule has 30 heavy (non-hydrogen) atoms. The smallest absolute Gasteiger partial charge is 0.310 e. The molecule has 0 radical (unpaired) electrons. The molecule has 0 aromatic heterocycles. The molecule has 0 unspecified atom stereocenters. The van der Waals surface area contributed by atoms with E-state index in [0.717, 1.165) is 50.4 Å². The van der Waals surface area contributed by atoms with Crippen LogP contribution >= 0.6 is 0 Å². The van der Waals surface area contributed by atoms with E-state index < -0.39 is 4.92 Å². The first-order chi connectivity index (χ1) is 14.5. The second-order valence-corrected chi connectivity index (χ2v) is 8.64. The number of carbonyl (C=O) groups is 1. The number of hydrogen-bond acceptors (Lipinski definition) is 6. The topological polar surface area (TPSA) is 88.3 Å². The van der Waals surface area contributed by atoms with Crippen LogP contribution in [0.15, 0.2) is 23.2 Å². The van der Waals surface area contributed by atoms with E-state index in [2.05, 4.69) is 14.8 Å². The van der Waals surface area contributed by atoms with Crippen molar-refractivity contribution < 1.29 is 14.5 Å². The zero-order valence-electron chi connectivity index (χ0n) is 17.6. The van der Waals surface area contributed by atoms with Gasteiger partial charge in [-0.3, -0.25) is 19.8 Å². The van der Waals surface area contributed by atoms with E-state index in [0.29, 0.717) is 11.6 Å². The normalized spacial score (nSPS) is 23.2. The van der Waals surface area contributed by atoms with Crippen molar-refractivity contribution >= 4 is 17.3 Å². The minimum atomic E-state index is -0.522. The van der Waals surface area contributed by atoms with E-state index in [4.69, 9.17) is 4.74 Å². The van der Waals surface area contributed by atoms with Gasteiger partial charge in [0.15, 0.2) is 5.75 Å². The van der Waals surface area contributed by atoms with Crippen molar-refractivity contribution in [2.45, 2.75) is 44.6 Å². The maximum Gasteiger partial charge on any atom is 0.310 e. The highest BCUT2D eigenvalue weighted by Crippen LogP contribution is 2.31. The predicted molar refractivity (Wildman–Crippen MR) is 114 cm³/mol. The van der Waals surface area contributed by atoms with E-state index in [1.54, 1.807) is 0 Å². The number of piperazine rings is 1. The lowest BCUT2D eigenvalue weighted by Crippen LogP contribution is -2.51. The lowest BCUT2D eigenvalue weighted by Gasteiger charge is -2.41. The highest BCUT2D eigenvalue weighted by molar-refractivity contribution is 6.04. The molecule has 1 aromatic rings. The van der Waals surface area contributed by atoms with Gasteiger partial charge in [0.05, 0.1) is 12.0 Å². The van der Waals surface area contributed by atoms with Crippen molar-refractivity contribution in [1.82, 2.24) is 9.80 Å². The van der Waals surface area contributed by atoms with E-state index in [1.807, 2.05) is 0 Å². The summed E-state index contributed by atoms with van der Waals surface area (Å²) in [6, 6.07) is 4.73. The summed E-state index contributed by atoms with van der Waals surface area (Å²) in [7, 11) is 1.36. The number of nitro benzene ring substituents is 1. The number of methoxy groups -OCH3 is 1. The van der Waals surface area contributed by atoms with Crippen LogP contribution in [-0.2, 0) is 0 Å². The summed E-state index contributed by atoms with van der Waals surface area (Å²) < 4.78 is 5.05. The third-order valence-corrected chi connectivity index (χ3v) is 6.55. The standard InChI is InChI=1S/C22H30N4O4/c1-30-21-14-17(4-9-20(21)26(28)29)22(27)23-18-5-7-19(8-6-18)25-12-10-24(11-13-25)15-16-2-3-16/h4,9,14,16,19H,2-3,5-8,10-13,15H2,1H3. The summed E-state index contributed by atoms with van der Waals surface area (Å²) in [5, 5.41) is 11.0. The monoisotopic (exact) mass is 414 g/mol. The Hall–Kier alpha value is -2.32. The summed E-state index contributed by atoms with van der Waals surface area (Å²) >= 11 is 0. The van der Waals surface area contributed by atoms with E-state index in [-0.39, 0.29) is 17.3 Å². The van der Waals surface area contributed by atoms with Crippen molar-refractivity contribution in [3.8, 4) is 5.75 Å². The van der Waals surface area contributed by atoms with E-state index in [1.165, 1.54) is 57.8 Å². The van der Waals surface area contributed by atoms with Crippen molar-refractivity contribution in [1.29, 1.82) is 0 Å². The first-order valence-electron chi connectivity index (χ1n) is 10.9. The zero-order valence-corrected chi connectivity index (χ0v) is 17.6. The third kappa shape index (κ3) is 5.05. The molecule has 0 spiro atoms. The Balaban J connectivity index is 1.29. The van der Waals surface area contributed by atoms with Crippen LogP contribution in [0.4, 0.5) is 5.69 Å². The highest BCUT2D eigenvalue weighted by atomic mass is 16.6. The molecule has 2 aliphatic carbocycles. The first-order valence-corrected chi connectivity index (χ1v) is 10.9. The average molecular weight is 415 g/mol. The SMILES string of the molecule is COc1cc(C(=O)N=C2CCC(N3CCN(CC4CC4)CC3)CC2)ccc1[N+](=O)[O-]. The van der Waals surface area contributed by atoms with Gasteiger partial charge >= 0.3 is 5.69 Å². The van der Waals surface area contributed by atoms with Crippen LogP contribution in [0.5, 0.6) is 5.75 Å². The van der Waals surface area contributed by atoms with Gasteiger partial charge in [0.1, 0.15) is 0 Å². The highest BCUT2D eigenvalue weighted by Gasteiger charge is 2.30. The molecular formula is C22H30N4O4. The molecule has 8 heteroatoms. The van der Waals surface area contributed by atoms with Gasteiger partial charge in [0, 0.05) is 62.2 Å². The molecule has 3 fully saturated rings. The van der Waals surface area contributed by atoms with Crippen molar-refractivity contribution in [2.75, 3.05) is 39.8 Å². The second-order valence-electron chi connectivity index (χ2n) is 8.64. The molecule has 0 bridgehead atoms. The van der Waals surface area contributed by atoms with Crippen LogP contribution in [0.2, 0.25) is 0 Å². The molecule has 1 saturated heterocycles. The molecule has 3 aliphatic rings. The Labute approximate surface area is 177 Å². The molecule has 8 nitrogen and oxygen atoms in total. The minimum absolute atomic E-state index is 0.0792. The van der Waals surface area contributed by atoms with Crippen molar-refractivity contribution in [2.24, 2.45) is 10.9 Å². The van der Waals surface area contributed by atoms with Gasteiger partial charge in [0.25, 0.3) is 5.91 Å². The summed E-state index contributed by atoms with van der Waals surface area (Å²) in [6.07, 6.45) is 6.58. The maximum absolute atomic E-state index is 12.5. The molecule has 0 atom stereocenters. The number of carbonyl (C=O) groups excluding carboxylic acids is 1. The zero-order chi connectivity index (χ0) is 21.1. The van der Waals surface area contributed by atoms with Gasteiger partial charge in [-0.05, 0) is 50.5 Å². The van der Waals surface area contributed by atoms with Crippen molar-refractivity contribution in [3.63, 3.8) is 0 Å².